The predicted octanol–water partition coefficient (Wildman–Crippen LogP) is 2.91. The van der Waals surface area contributed by atoms with Crippen LogP contribution in [0.5, 0.6) is 0 Å². The van der Waals surface area contributed by atoms with E-state index in [1.54, 1.807) is 0 Å². The number of aromatic nitrogens is 1. The van der Waals surface area contributed by atoms with Crippen molar-refractivity contribution >= 4 is 22.4 Å². The van der Waals surface area contributed by atoms with Crippen molar-refractivity contribution in [3.63, 3.8) is 0 Å². The minimum atomic E-state index is -0.0395. The normalized spacial score (nSPS) is 16.8. The molecule has 5 heteroatoms. The summed E-state index contributed by atoms with van der Waals surface area (Å²) in [5.41, 5.74) is 4.03. The average Bonchev–Trinajstić information content (AvgIpc) is 3.03. The third kappa shape index (κ3) is 2.18. The van der Waals surface area contributed by atoms with E-state index < -0.39 is 0 Å². The van der Waals surface area contributed by atoms with E-state index in [1.165, 1.54) is 22.7 Å². The molecule has 0 aliphatic heterocycles. The number of carbonyl (C=O) groups excluding carboxylic acids is 1. The topological polar surface area (TPSA) is 54.0 Å². The summed E-state index contributed by atoms with van der Waals surface area (Å²) in [6.07, 6.45) is 2.00. The summed E-state index contributed by atoms with van der Waals surface area (Å²) < 4.78 is 4.25. The second-order valence-corrected chi connectivity index (χ2v) is 5.76. The van der Waals surface area contributed by atoms with Gasteiger partial charge in [0.15, 0.2) is 0 Å². The summed E-state index contributed by atoms with van der Waals surface area (Å²) >= 11 is 1.33. The van der Waals surface area contributed by atoms with Gasteiger partial charge < -0.3 is 10.6 Å². The zero-order valence-electron chi connectivity index (χ0n) is 11.6. The number of nitrogens with one attached hydrogen (secondary N) is 2. The lowest BCUT2D eigenvalue weighted by Gasteiger charge is -2.14. The molecule has 1 atom stereocenters. The molecular weight excluding hydrogens is 270 g/mol. The summed E-state index contributed by atoms with van der Waals surface area (Å²) in [5.74, 6) is -0.0395. The van der Waals surface area contributed by atoms with Crippen LogP contribution < -0.4 is 10.6 Å². The Bertz CT molecular complexity index is 650. The van der Waals surface area contributed by atoms with E-state index >= 15 is 0 Å². The van der Waals surface area contributed by atoms with E-state index in [-0.39, 0.29) is 11.9 Å². The minimum Gasteiger partial charge on any atom is -0.378 e. The fourth-order valence-electron chi connectivity index (χ4n) is 2.75. The first-order valence-corrected chi connectivity index (χ1v) is 7.50. The van der Waals surface area contributed by atoms with E-state index in [1.807, 2.05) is 20.0 Å². The molecule has 0 fully saturated rings. The average molecular weight is 287 g/mol. The van der Waals surface area contributed by atoms with Crippen molar-refractivity contribution in [1.82, 2.24) is 9.69 Å². The molecular formula is C15H17N3OS. The largest absolute Gasteiger partial charge is 0.378 e. The Balaban J connectivity index is 1.82. The highest BCUT2D eigenvalue weighted by molar-refractivity contribution is 7.10. The highest BCUT2D eigenvalue weighted by atomic mass is 32.1. The van der Waals surface area contributed by atoms with Gasteiger partial charge in [-0.25, -0.2) is 0 Å². The molecule has 2 aromatic rings. The Morgan fingerprint density at radius 1 is 1.40 bits per heavy atom. The molecule has 1 unspecified atom stereocenters. The first-order valence-electron chi connectivity index (χ1n) is 6.73. The SMILES string of the molecule is CNc1snc(C)c1C(=O)NC1CCc2ccccc21. The molecule has 1 aliphatic carbocycles. The number of carbonyl (C=O) groups is 1. The van der Waals surface area contributed by atoms with E-state index in [0.717, 1.165) is 23.5 Å². The van der Waals surface area contributed by atoms with Crippen LogP contribution >= 0.6 is 11.5 Å². The van der Waals surface area contributed by atoms with Crippen LogP contribution in [0.15, 0.2) is 24.3 Å². The van der Waals surface area contributed by atoms with Crippen LogP contribution in [-0.4, -0.2) is 17.3 Å². The molecule has 3 rings (SSSR count). The van der Waals surface area contributed by atoms with Gasteiger partial charge in [0, 0.05) is 7.05 Å². The molecule has 1 aromatic heterocycles. The van der Waals surface area contributed by atoms with Crippen LogP contribution in [0.2, 0.25) is 0 Å². The van der Waals surface area contributed by atoms with Crippen LogP contribution in [0.3, 0.4) is 0 Å². The molecule has 20 heavy (non-hydrogen) atoms. The molecule has 0 spiro atoms. The third-order valence-corrected chi connectivity index (χ3v) is 4.71. The lowest BCUT2D eigenvalue weighted by Crippen LogP contribution is -2.27. The number of nitrogens with zero attached hydrogens (tertiary/aromatic N) is 1. The molecule has 0 saturated heterocycles. The van der Waals surface area contributed by atoms with Gasteiger partial charge in [0.1, 0.15) is 5.00 Å². The Morgan fingerprint density at radius 3 is 3.00 bits per heavy atom. The van der Waals surface area contributed by atoms with Gasteiger partial charge >= 0.3 is 0 Å². The van der Waals surface area contributed by atoms with E-state index in [9.17, 15) is 4.79 Å². The summed E-state index contributed by atoms with van der Waals surface area (Å²) in [6, 6.07) is 8.43. The van der Waals surface area contributed by atoms with Crippen molar-refractivity contribution in [1.29, 1.82) is 0 Å². The van der Waals surface area contributed by atoms with Gasteiger partial charge in [-0.3, -0.25) is 4.79 Å². The molecule has 1 aromatic carbocycles. The van der Waals surface area contributed by atoms with E-state index in [4.69, 9.17) is 0 Å². The highest BCUT2D eigenvalue weighted by Gasteiger charge is 2.26. The molecule has 104 valence electrons. The fraction of sp³-hybridized carbons (Fsp3) is 0.333. The number of hydrogen-bond donors (Lipinski definition) is 2. The summed E-state index contributed by atoms with van der Waals surface area (Å²) in [4.78, 5) is 12.5. The number of aryl methyl sites for hydroxylation is 2. The van der Waals surface area contributed by atoms with Gasteiger partial charge in [0.25, 0.3) is 5.91 Å². The molecule has 2 N–H and O–H groups in total. The number of fused-ring (bicyclic) bond motifs is 1. The third-order valence-electron chi connectivity index (χ3n) is 3.76. The van der Waals surface area contributed by atoms with Gasteiger partial charge in [-0.05, 0) is 42.4 Å². The Kier molecular flexibility index (Phi) is 3.44. The van der Waals surface area contributed by atoms with E-state index in [0.29, 0.717) is 5.56 Å². The Hall–Kier alpha value is -1.88. The minimum absolute atomic E-state index is 0.0395. The standard InChI is InChI=1S/C15H17N3OS/c1-9-13(15(16-2)20-18-9)14(19)17-12-8-7-10-5-3-4-6-11(10)12/h3-6,12,16H,7-8H2,1-2H3,(H,17,19). The first-order chi connectivity index (χ1) is 9.70. The number of rotatable bonds is 3. The predicted molar refractivity (Wildman–Crippen MR) is 81.4 cm³/mol. The molecule has 0 bridgehead atoms. The smallest absolute Gasteiger partial charge is 0.256 e. The van der Waals surface area contributed by atoms with Crippen molar-refractivity contribution in [2.24, 2.45) is 0 Å². The second kappa shape index (κ2) is 5.25. The van der Waals surface area contributed by atoms with Crippen molar-refractivity contribution < 1.29 is 4.79 Å². The van der Waals surface area contributed by atoms with Crippen molar-refractivity contribution in [3.8, 4) is 0 Å². The Labute approximate surface area is 122 Å². The van der Waals surface area contributed by atoms with Gasteiger partial charge in [0.2, 0.25) is 0 Å². The second-order valence-electron chi connectivity index (χ2n) is 4.99. The maximum absolute atomic E-state index is 12.5. The molecule has 1 aliphatic rings. The van der Waals surface area contributed by atoms with Crippen molar-refractivity contribution in [2.45, 2.75) is 25.8 Å². The zero-order chi connectivity index (χ0) is 14.1. The quantitative estimate of drug-likeness (QED) is 0.912. The number of amides is 1. The van der Waals surface area contributed by atoms with Crippen molar-refractivity contribution in [3.05, 3.63) is 46.6 Å². The summed E-state index contributed by atoms with van der Waals surface area (Å²) in [6.45, 7) is 1.87. The fourth-order valence-corrected chi connectivity index (χ4v) is 3.49. The zero-order valence-corrected chi connectivity index (χ0v) is 12.4. The lowest BCUT2D eigenvalue weighted by atomic mass is 10.1. The number of hydrogen-bond acceptors (Lipinski definition) is 4. The summed E-state index contributed by atoms with van der Waals surface area (Å²) in [5, 5.41) is 7.00. The van der Waals surface area contributed by atoms with Crippen LogP contribution in [0.25, 0.3) is 0 Å². The van der Waals surface area contributed by atoms with Gasteiger partial charge in [0.05, 0.1) is 17.3 Å². The lowest BCUT2D eigenvalue weighted by molar-refractivity contribution is 0.0937. The molecule has 4 nitrogen and oxygen atoms in total. The maximum atomic E-state index is 12.5. The van der Waals surface area contributed by atoms with Gasteiger partial charge in [-0.1, -0.05) is 24.3 Å². The van der Waals surface area contributed by atoms with Crippen LogP contribution in [0.1, 0.15) is 39.6 Å². The monoisotopic (exact) mass is 287 g/mol. The number of anilines is 1. The highest BCUT2D eigenvalue weighted by Crippen LogP contribution is 2.32. The summed E-state index contributed by atoms with van der Waals surface area (Å²) in [7, 11) is 1.81. The van der Waals surface area contributed by atoms with Crippen LogP contribution in [0, 0.1) is 6.92 Å². The number of benzene rings is 1. The van der Waals surface area contributed by atoms with Gasteiger partial charge in [-0.2, -0.15) is 4.37 Å². The molecule has 0 saturated carbocycles. The van der Waals surface area contributed by atoms with Crippen LogP contribution in [0.4, 0.5) is 5.00 Å². The molecule has 1 amide bonds. The van der Waals surface area contributed by atoms with Crippen LogP contribution in [-0.2, 0) is 6.42 Å². The Morgan fingerprint density at radius 2 is 2.20 bits per heavy atom. The van der Waals surface area contributed by atoms with Gasteiger partial charge in [-0.15, -0.1) is 0 Å². The first kappa shape index (κ1) is 13.1. The molecule has 1 heterocycles. The van der Waals surface area contributed by atoms with Crippen molar-refractivity contribution in [2.75, 3.05) is 12.4 Å². The molecule has 0 radical (unpaired) electrons. The maximum Gasteiger partial charge on any atom is 0.256 e. The van der Waals surface area contributed by atoms with E-state index in [2.05, 4.69) is 33.2 Å².